The second-order valence-electron chi connectivity index (χ2n) is 4.80. The van der Waals surface area contributed by atoms with Crippen molar-refractivity contribution in [3.05, 3.63) is 43.9 Å². The van der Waals surface area contributed by atoms with Crippen molar-refractivity contribution < 1.29 is 14.3 Å². The number of carbonyl (C=O) groups is 1. The molecule has 0 saturated carbocycles. The van der Waals surface area contributed by atoms with E-state index in [0.717, 1.165) is 5.56 Å². The number of amides is 1. The Morgan fingerprint density at radius 2 is 2.00 bits per heavy atom. The molecule has 0 fully saturated rings. The van der Waals surface area contributed by atoms with Crippen LogP contribution in [0.15, 0.2) is 29.6 Å². The van der Waals surface area contributed by atoms with E-state index in [4.69, 9.17) is 32.7 Å². The molecule has 3 aromatic rings. The van der Waals surface area contributed by atoms with Gasteiger partial charge in [-0.15, -0.1) is 22.7 Å². The molecule has 25 heavy (non-hydrogen) atoms. The van der Waals surface area contributed by atoms with Gasteiger partial charge in [0, 0.05) is 17.0 Å². The Kier molecular flexibility index (Phi) is 5.48. The van der Waals surface area contributed by atoms with E-state index in [1.54, 1.807) is 31.4 Å². The van der Waals surface area contributed by atoms with Crippen LogP contribution < -0.4 is 14.8 Å². The third kappa shape index (κ3) is 3.90. The van der Waals surface area contributed by atoms with Crippen LogP contribution >= 0.6 is 45.9 Å². The number of rotatable bonds is 5. The molecular weight excluding hydrogens is 403 g/mol. The first-order valence-electron chi connectivity index (χ1n) is 6.96. The first kappa shape index (κ1) is 18.0. The van der Waals surface area contributed by atoms with Crippen molar-refractivity contribution in [2.24, 2.45) is 0 Å². The molecule has 2 heterocycles. The molecule has 0 bridgehead atoms. The number of nitrogens with zero attached hydrogens (tertiary/aromatic N) is 1. The van der Waals surface area contributed by atoms with E-state index in [0.29, 0.717) is 36.6 Å². The maximum Gasteiger partial charge on any atom is 0.261 e. The van der Waals surface area contributed by atoms with E-state index in [-0.39, 0.29) is 5.91 Å². The van der Waals surface area contributed by atoms with Crippen molar-refractivity contribution in [2.45, 2.75) is 0 Å². The number of benzene rings is 1. The molecule has 0 spiro atoms. The van der Waals surface area contributed by atoms with Crippen LogP contribution in [0.25, 0.3) is 11.3 Å². The highest BCUT2D eigenvalue weighted by Gasteiger charge is 2.17. The summed E-state index contributed by atoms with van der Waals surface area (Å²) in [6, 6.07) is 6.73. The summed E-state index contributed by atoms with van der Waals surface area (Å²) in [6.07, 6.45) is 0. The van der Waals surface area contributed by atoms with Crippen LogP contribution in [0.1, 0.15) is 10.4 Å². The lowest BCUT2D eigenvalue weighted by Gasteiger charge is -2.09. The maximum atomic E-state index is 12.5. The van der Waals surface area contributed by atoms with Crippen LogP contribution in [0.4, 0.5) is 5.13 Å². The molecule has 3 rings (SSSR count). The maximum absolute atomic E-state index is 12.5. The Hall–Kier alpha value is -1.80. The number of anilines is 1. The average Bonchev–Trinajstić information content (AvgIpc) is 3.19. The zero-order valence-electron chi connectivity index (χ0n) is 13.1. The van der Waals surface area contributed by atoms with Crippen LogP contribution in [0.3, 0.4) is 0 Å². The molecule has 1 amide bonds. The van der Waals surface area contributed by atoms with Gasteiger partial charge in [0.1, 0.15) is 15.8 Å². The van der Waals surface area contributed by atoms with Crippen LogP contribution in [-0.4, -0.2) is 25.1 Å². The van der Waals surface area contributed by atoms with Crippen LogP contribution in [0, 0.1) is 0 Å². The van der Waals surface area contributed by atoms with Gasteiger partial charge in [0.05, 0.1) is 29.8 Å². The minimum atomic E-state index is -0.324. The minimum absolute atomic E-state index is 0.324. The number of halogens is 2. The predicted molar refractivity (Wildman–Crippen MR) is 103 cm³/mol. The highest BCUT2D eigenvalue weighted by Crippen LogP contribution is 2.39. The Morgan fingerprint density at radius 1 is 1.20 bits per heavy atom. The molecule has 0 unspecified atom stereocenters. The summed E-state index contributed by atoms with van der Waals surface area (Å²) >= 11 is 14.7. The number of aromatic nitrogens is 1. The smallest absolute Gasteiger partial charge is 0.261 e. The fraction of sp³-hybridized carbons (Fsp3) is 0.125. The van der Waals surface area contributed by atoms with Gasteiger partial charge in [-0.05, 0) is 18.2 Å². The summed E-state index contributed by atoms with van der Waals surface area (Å²) in [6.45, 7) is 0. The lowest BCUT2D eigenvalue weighted by atomic mass is 10.2. The van der Waals surface area contributed by atoms with E-state index < -0.39 is 0 Å². The number of hydrogen-bond donors (Lipinski definition) is 1. The molecule has 1 aromatic carbocycles. The second-order valence-corrected chi connectivity index (χ2v) is 7.94. The molecule has 5 nitrogen and oxygen atoms in total. The Morgan fingerprint density at radius 3 is 2.64 bits per heavy atom. The molecule has 0 aliphatic carbocycles. The van der Waals surface area contributed by atoms with Crippen molar-refractivity contribution in [3.8, 4) is 22.8 Å². The topological polar surface area (TPSA) is 60.5 Å². The normalized spacial score (nSPS) is 10.6. The predicted octanol–water partition coefficient (Wildman–Crippen LogP) is 5.45. The molecule has 9 heteroatoms. The molecule has 0 atom stereocenters. The first-order chi connectivity index (χ1) is 12.0. The van der Waals surface area contributed by atoms with E-state index in [1.165, 1.54) is 29.8 Å². The summed E-state index contributed by atoms with van der Waals surface area (Å²) in [4.78, 5) is 16.9. The van der Waals surface area contributed by atoms with Crippen LogP contribution in [0.2, 0.25) is 8.67 Å². The van der Waals surface area contributed by atoms with Crippen molar-refractivity contribution in [2.75, 3.05) is 19.5 Å². The highest BCUT2D eigenvalue weighted by atomic mass is 35.5. The number of ether oxygens (including phenoxy) is 2. The quantitative estimate of drug-likeness (QED) is 0.602. The minimum Gasteiger partial charge on any atom is -0.497 e. The van der Waals surface area contributed by atoms with Crippen LogP contribution in [0.5, 0.6) is 11.5 Å². The Balaban J connectivity index is 1.81. The number of methoxy groups -OCH3 is 2. The summed E-state index contributed by atoms with van der Waals surface area (Å²) in [5, 5.41) is 5.03. The molecule has 2 aromatic heterocycles. The van der Waals surface area contributed by atoms with Gasteiger partial charge in [0.25, 0.3) is 5.91 Å². The second kappa shape index (κ2) is 7.61. The zero-order valence-corrected chi connectivity index (χ0v) is 16.3. The van der Waals surface area contributed by atoms with Crippen molar-refractivity contribution >= 4 is 56.9 Å². The third-order valence-corrected chi connectivity index (χ3v) is 5.56. The molecular formula is C16H12Cl2N2O3S2. The number of thiophene rings is 1. The Bertz CT molecular complexity index is 924. The van der Waals surface area contributed by atoms with Crippen LogP contribution in [-0.2, 0) is 0 Å². The molecule has 0 aliphatic rings. The average molecular weight is 415 g/mol. The fourth-order valence-electron chi connectivity index (χ4n) is 2.12. The first-order valence-corrected chi connectivity index (χ1v) is 9.41. The molecule has 1 N–H and O–H groups in total. The summed E-state index contributed by atoms with van der Waals surface area (Å²) in [5.41, 5.74) is 1.79. The van der Waals surface area contributed by atoms with Crippen molar-refractivity contribution in [3.63, 3.8) is 0 Å². The molecule has 0 radical (unpaired) electrons. The van der Waals surface area contributed by atoms with Gasteiger partial charge < -0.3 is 9.47 Å². The standard InChI is InChI=1S/C16H12Cl2N2O3S2/c1-22-8-3-4-9(12(5-8)23-2)15(21)20-16-19-11(7-24-16)10-6-13(17)25-14(10)18/h3-7H,1-2H3,(H,19,20,21). The summed E-state index contributed by atoms with van der Waals surface area (Å²) < 4.78 is 11.5. The number of thiazole rings is 1. The van der Waals surface area contributed by atoms with Gasteiger partial charge in [-0.3, -0.25) is 10.1 Å². The van der Waals surface area contributed by atoms with Crippen molar-refractivity contribution in [1.29, 1.82) is 0 Å². The Labute approximate surface area is 162 Å². The van der Waals surface area contributed by atoms with Gasteiger partial charge in [0.15, 0.2) is 5.13 Å². The van der Waals surface area contributed by atoms with Gasteiger partial charge in [0.2, 0.25) is 0 Å². The number of nitrogens with one attached hydrogen (secondary N) is 1. The van der Waals surface area contributed by atoms with E-state index in [2.05, 4.69) is 10.3 Å². The summed E-state index contributed by atoms with van der Waals surface area (Å²) in [5.74, 6) is 0.699. The van der Waals surface area contributed by atoms with E-state index >= 15 is 0 Å². The zero-order chi connectivity index (χ0) is 18.0. The van der Waals surface area contributed by atoms with E-state index in [1.807, 2.05) is 5.38 Å². The number of hydrogen-bond acceptors (Lipinski definition) is 6. The van der Waals surface area contributed by atoms with Gasteiger partial charge in [-0.2, -0.15) is 0 Å². The lowest BCUT2D eigenvalue weighted by Crippen LogP contribution is -2.13. The lowest BCUT2D eigenvalue weighted by molar-refractivity contribution is 0.102. The fourth-order valence-corrected chi connectivity index (χ4v) is 4.31. The van der Waals surface area contributed by atoms with Crippen molar-refractivity contribution in [1.82, 2.24) is 4.98 Å². The summed E-state index contributed by atoms with van der Waals surface area (Å²) in [7, 11) is 3.04. The van der Waals surface area contributed by atoms with Gasteiger partial charge in [-0.1, -0.05) is 23.2 Å². The third-order valence-electron chi connectivity index (χ3n) is 3.31. The van der Waals surface area contributed by atoms with Gasteiger partial charge >= 0.3 is 0 Å². The van der Waals surface area contributed by atoms with Gasteiger partial charge in [-0.25, -0.2) is 4.98 Å². The monoisotopic (exact) mass is 414 g/mol. The van der Waals surface area contributed by atoms with E-state index in [9.17, 15) is 4.79 Å². The largest absolute Gasteiger partial charge is 0.497 e. The SMILES string of the molecule is COc1ccc(C(=O)Nc2nc(-c3cc(Cl)sc3Cl)cs2)c(OC)c1. The molecule has 0 saturated heterocycles. The highest BCUT2D eigenvalue weighted by molar-refractivity contribution is 7.20. The molecule has 0 aliphatic heterocycles. The molecule has 130 valence electrons. The number of carbonyl (C=O) groups excluding carboxylic acids is 1.